The standard InChI is InChI=1S/C15H14Cl2N2O3S2/c1-19(2)15(20)23-11-5-3-4-10(8-11)18-24(21,22)12-6-7-13(16)14(17)9-12/h3-9,18H,1-2H3. The van der Waals surface area contributed by atoms with Gasteiger partial charge in [0.1, 0.15) is 0 Å². The molecule has 0 aliphatic rings. The Morgan fingerprint density at radius 2 is 1.79 bits per heavy atom. The van der Waals surface area contributed by atoms with Crippen molar-refractivity contribution in [1.29, 1.82) is 0 Å². The van der Waals surface area contributed by atoms with Crippen LogP contribution in [0.1, 0.15) is 0 Å². The summed E-state index contributed by atoms with van der Waals surface area (Å²) in [4.78, 5) is 13.8. The molecular formula is C15H14Cl2N2O3S2. The lowest BCUT2D eigenvalue weighted by Crippen LogP contribution is -2.16. The Balaban J connectivity index is 2.23. The SMILES string of the molecule is CN(C)C(=O)Sc1cccc(NS(=O)(=O)c2ccc(Cl)c(Cl)c2)c1. The van der Waals surface area contributed by atoms with Crippen LogP contribution in [0.2, 0.25) is 10.0 Å². The number of carbonyl (C=O) groups is 1. The summed E-state index contributed by atoms with van der Waals surface area (Å²) >= 11 is 12.7. The summed E-state index contributed by atoms with van der Waals surface area (Å²) in [5.41, 5.74) is 0.345. The number of hydrogen-bond donors (Lipinski definition) is 1. The monoisotopic (exact) mass is 404 g/mol. The van der Waals surface area contributed by atoms with Crippen molar-refractivity contribution in [2.75, 3.05) is 18.8 Å². The number of carbonyl (C=O) groups excluding carboxylic acids is 1. The van der Waals surface area contributed by atoms with Crippen LogP contribution in [0.4, 0.5) is 10.5 Å². The first-order chi connectivity index (χ1) is 11.2. The lowest BCUT2D eigenvalue weighted by molar-refractivity contribution is 0.241. The molecule has 0 aliphatic carbocycles. The Kier molecular flexibility index (Phi) is 6.03. The van der Waals surface area contributed by atoms with Crippen molar-refractivity contribution in [3.8, 4) is 0 Å². The quantitative estimate of drug-likeness (QED) is 0.757. The average Bonchev–Trinajstić information content (AvgIpc) is 2.49. The van der Waals surface area contributed by atoms with E-state index >= 15 is 0 Å². The molecule has 0 atom stereocenters. The van der Waals surface area contributed by atoms with Gasteiger partial charge in [0, 0.05) is 24.7 Å². The highest BCUT2D eigenvalue weighted by atomic mass is 35.5. The van der Waals surface area contributed by atoms with Crippen molar-refractivity contribution >= 4 is 55.9 Å². The van der Waals surface area contributed by atoms with Gasteiger partial charge in [-0.05, 0) is 48.2 Å². The van der Waals surface area contributed by atoms with E-state index in [4.69, 9.17) is 23.2 Å². The van der Waals surface area contributed by atoms with Gasteiger partial charge in [-0.15, -0.1) is 0 Å². The van der Waals surface area contributed by atoms with E-state index in [0.717, 1.165) is 11.8 Å². The zero-order valence-corrected chi connectivity index (χ0v) is 15.9. The van der Waals surface area contributed by atoms with Crippen LogP contribution in [0, 0.1) is 0 Å². The maximum absolute atomic E-state index is 12.4. The van der Waals surface area contributed by atoms with Gasteiger partial charge in [0.25, 0.3) is 15.3 Å². The molecule has 0 fully saturated rings. The summed E-state index contributed by atoms with van der Waals surface area (Å²) in [6.07, 6.45) is 0. The fourth-order valence-corrected chi connectivity index (χ4v) is 3.83. The highest BCUT2D eigenvalue weighted by molar-refractivity contribution is 8.13. The van der Waals surface area contributed by atoms with Crippen molar-refractivity contribution in [2.24, 2.45) is 0 Å². The molecule has 1 amide bonds. The Morgan fingerprint density at radius 1 is 1.08 bits per heavy atom. The number of thioether (sulfide) groups is 1. The van der Waals surface area contributed by atoms with Gasteiger partial charge in [0.05, 0.1) is 14.9 Å². The smallest absolute Gasteiger partial charge is 0.285 e. The number of amides is 1. The normalized spacial score (nSPS) is 11.2. The number of rotatable bonds is 4. The number of nitrogens with zero attached hydrogens (tertiary/aromatic N) is 1. The maximum atomic E-state index is 12.4. The average molecular weight is 405 g/mol. The summed E-state index contributed by atoms with van der Waals surface area (Å²) in [5.74, 6) is 0. The molecule has 24 heavy (non-hydrogen) atoms. The maximum Gasteiger partial charge on any atom is 0.285 e. The van der Waals surface area contributed by atoms with Gasteiger partial charge < -0.3 is 4.90 Å². The third kappa shape index (κ3) is 4.80. The van der Waals surface area contributed by atoms with E-state index in [-0.39, 0.29) is 20.2 Å². The highest BCUT2D eigenvalue weighted by Crippen LogP contribution is 2.28. The van der Waals surface area contributed by atoms with Crippen LogP contribution in [-0.2, 0) is 10.0 Å². The second kappa shape index (κ2) is 7.65. The van der Waals surface area contributed by atoms with Crippen LogP contribution < -0.4 is 4.72 Å². The van der Waals surface area contributed by atoms with Gasteiger partial charge in [-0.3, -0.25) is 9.52 Å². The van der Waals surface area contributed by atoms with Gasteiger partial charge in [-0.25, -0.2) is 8.42 Å². The molecule has 128 valence electrons. The van der Waals surface area contributed by atoms with Crippen LogP contribution in [0.5, 0.6) is 0 Å². The molecule has 0 unspecified atom stereocenters. The molecule has 2 rings (SSSR count). The fraction of sp³-hybridized carbons (Fsp3) is 0.133. The van der Waals surface area contributed by atoms with E-state index in [1.54, 1.807) is 38.4 Å². The van der Waals surface area contributed by atoms with Crippen molar-refractivity contribution in [1.82, 2.24) is 4.90 Å². The molecule has 5 nitrogen and oxygen atoms in total. The van der Waals surface area contributed by atoms with Crippen molar-refractivity contribution < 1.29 is 13.2 Å². The van der Waals surface area contributed by atoms with Crippen LogP contribution in [0.15, 0.2) is 52.3 Å². The molecular weight excluding hydrogens is 391 g/mol. The first-order valence-electron chi connectivity index (χ1n) is 6.66. The van der Waals surface area contributed by atoms with E-state index in [1.807, 2.05) is 0 Å². The molecule has 0 spiro atoms. The Labute approximate surface area is 155 Å². The third-order valence-electron chi connectivity index (χ3n) is 2.86. The molecule has 0 aliphatic heterocycles. The first-order valence-corrected chi connectivity index (χ1v) is 9.71. The highest BCUT2D eigenvalue weighted by Gasteiger charge is 2.16. The van der Waals surface area contributed by atoms with Gasteiger partial charge in [0.2, 0.25) is 0 Å². The Bertz CT molecular complexity index is 871. The number of hydrogen-bond acceptors (Lipinski definition) is 4. The second-order valence-corrected chi connectivity index (χ2v) is 8.49. The van der Waals surface area contributed by atoms with Gasteiger partial charge in [0.15, 0.2) is 0 Å². The number of halogens is 2. The topological polar surface area (TPSA) is 66.5 Å². The Morgan fingerprint density at radius 3 is 2.42 bits per heavy atom. The molecule has 0 aromatic heterocycles. The van der Waals surface area contributed by atoms with E-state index in [9.17, 15) is 13.2 Å². The predicted molar refractivity (Wildman–Crippen MR) is 98.7 cm³/mol. The molecule has 0 heterocycles. The summed E-state index contributed by atoms with van der Waals surface area (Å²) in [7, 11) is -0.522. The fourth-order valence-electron chi connectivity index (χ4n) is 1.67. The second-order valence-electron chi connectivity index (χ2n) is 4.97. The molecule has 0 radical (unpaired) electrons. The van der Waals surface area contributed by atoms with Crippen LogP contribution in [-0.4, -0.2) is 32.7 Å². The lowest BCUT2D eigenvalue weighted by atomic mass is 10.3. The molecule has 9 heteroatoms. The minimum absolute atomic E-state index is 0.000626. The Hall–Kier alpha value is -1.41. The van der Waals surface area contributed by atoms with Crippen LogP contribution in [0.25, 0.3) is 0 Å². The zero-order valence-electron chi connectivity index (χ0n) is 12.8. The van der Waals surface area contributed by atoms with Crippen molar-refractivity contribution in [2.45, 2.75) is 9.79 Å². The van der Waals surface area contributed by atoms with Crippen LogP contribution in [0.3, 0.4) is 0 Å². The van der Waals surface area contributed by atoms with Gasteiger partial charge in [-0.2, -0.15) is 0 Å². The molecule has 0 saturated heterocycles. The largest absolute Gasteiger partial charge is 0.339 e. The van der Waals surface area contributed by atoms with Gasteiger partial charge in [-0.1, -0.05) is 29.3 Å². The summed E-state index contributed by atoms with van der Waals surface area (Å²) < 4.78 is 27.3. The number of benzene rings is 2. The van der Waals surface area contributed by atoms with Gasteiger partial charge >= 0.3 is 0 Å². The van der Waals surface area contributed by atoms with E-state index in [0.29, 0.717) is 10.6 Å². The minimum atomic E-state index is -3.81. The van der Waals surface area contributed by atoms with Crippen LogP contribution >= 0.6 is 35.0 Å². The molecule has 0 saturated carbocycles. The predicted octanol–water partition coefficient (Wildman–Crippen LogP) is 4.57. The summed E-state index contributed by atoms with van der Waals surface area (Å²) in [5, 5.41) is 0.274. The van der Waals surface area contributed by atoms with Crippen molar-refractivity contribution in [3.63, 3.8) is 0 Å². The summed E-state index contributed by atoms with van der Waals surface area (Å²) in [6.45, 7) is 0. The third-order valence-corrected chi connectivity index (χ3v) is 6.01. The summed E-state index contributed by atoms with van der Waals surface area (Å²) in [6, 6.07) is 10.6. The van der Waals surface area contributed by atoms with E-state index in [2.05, 4.69) is 4.72 Å². The molecule has 0 bridgehead atoms. The molecule has 2 aromatic carbocycles. The number of nitrogens with one attached hydrogen (secondary N) is 1. The zero-order chi connectivity index (χ0) is 17.9. The minimum Gasteiger partial charge on any atom is -0.339 e. The number of sulfonamides is 1. The molecule has 1 N–H and O–H groups in total. The molecule has 2 aromatic rings. The number of anilines is 1. The first kappa shape index (κ1) is 18.9. The van der Waals surface area contributed by atoms with E-state index in [1.165, 1.54) is 23.1 Å². The lowest BCUT2D eigenvalue weighted by Gasteiger charge is -2.11. The van der Waals surface area contributed by atoms with E-state index < -0.39 is 10.0 Å². The van der Waals surface area contributed by atoms with Crippen molar-refractivity contribution in [3.05, 3.63) is 52.5 Å².